The largest absolute Gasteiger partial charge is 0.493 e. The van der Waals surface area contributed by atoms with E-state index in [1.165, 1.54) is 0 Å². The van der Waals surface area contributed by atoms with Gasteiger partial charge in [0.2, 0.25) is 0 Å². The summed E-state index contributed by atoms with van der Waals surface area (Å²) in [6.07, 6.45) is 2.90. The van der Waals surface area contributed by atoms with Gasteiger partial charge in [0.05, 0.1) is 31.2 Å². The summed E-state index contributed by atoms with van der Waals surface area (Å²) in [5.74, 6) is 1.42. The molecule has 1 aliphatic rings. The number of rotatable bonds is 4. The van der Waals surface area contributed by atoms with Crippen LogP contribution in [-0.4, -0.2) is 34.6 Å². The zero-order chi connectivity index (χ0) is 22.4. The van der Waals surface area contributed by atoms with E-state index in [-0.39, 0.29) is 11.7 Å². The lowest BCUT2D eigenvalue weighted by Crippen LogP contribution is -2.21. The highest BCUT2D eigenvalue weighted by molar-refractivity contribution is 6.30. The Hall–Kier alpha value is -3.38. The van der Waals surface area contributed by atoms with Crippen LogP contribution in [0.3, 0.4) is 0 Å². The molecule has 1 aliphatic carbocycles. The number of aromatic nitrogens is 3. The third kappa shape index (κ3) is 3.41. The van der Waals surface area contributed by atoms with Crippen LogP contribution in [0.1, 0.15) is 39.6 Å². The molecule has 0 N–H and O–H groups in total. The van der Waals surface area contributed by atoms with Gasteiger partial charge in [-0.05, 0) is 54.7 Å². The summed E-state index contributed by atoms with van der Waals surface area (Å²) in [6, 6.07) is 13.5. The molecule has 0 bridgehead atoms. The highest BCUT2D eigenvalue weighted by Gasteiger charge is 2.29. The SMILES string of the molecule is COc1ccc(C2CC(=O)c3cn4nc(C)c(-c5ccc(Cl)cc5)c4nc3C2)cc1OC. The fourth-order valence-corrected chi connectivity index (χ4v) is 4.57. The average molecular weight is 448 g/mol. The number of hydrogen-bond donors (Lipinski definition) is 0. The van der Waals surface area contributed by atoms with Gasteiger partial charge in [-0.25, -0.2) is 9.50 Å². The van der Waals surface area contributed by atoms with Crippen LogP contribution in [0, 0.1) is 6.92 Å². The topological polar surface area (TPSA) is 65.7 Å². The van der Waals surface area contributed by atoms with Gasteiger partial charge in [0.25, 0.3) is 0 Å². The average Bonchev–Trinajstić information content (AvgIpc) is 3.12. The summed E-state index contributed by atoms with van der Waals surface area (Å²) in [5.41, 5.74) is 6.00. The van der Waals surface area contributed by atoms with Crippen molar-refractivity contribution < 1.29 is 14.3 Å². The molecule has 0 radical (unpaired) electrons. The first-order chi connectivity index (χ1) is 15.5. The van der Waals surface area contributed by atoms with Crippen LogP contribution in [0.25, 0.3) is 16.8 Å². The summed E-state index contributed by atoms with van der Waals surface area (Å²) >= 11 is 6.07. The number of halogens is 1. The van der Waals surface area contributed by atoms with E-state index in [0.29, 0.717) is 34.9 Å². The van der Waals surface area contributed by atoms with Gasteiger partial charge in [0.15, 0.2) is 22.9 Å². The van der Waals surface area contributed by atoms with E-state index in [9.17, 15) is 4.79 Å². The first-order valence-electron chi connectivity index (χ1n) is 10.4. The smallest absolute Gasteiger partial charge is 0.166 e. The molecule has 1 unspecified atom stereocenters. The standard InChI is InChI=1S/C25H22ClN3O3/c1-14-24(15-4-7-18(26)8-5-15)25-27-20-10-17(11-21(30)19(20)13-29(25)28-14)16-6-9-22(31-2)23(12-16)32-3/h4-9,12-13,17H,10-11H2,1-3H3. The summed E-state index contributed by atoms with van der Waals surface area (Å²) < 4.78 is 12.5. The molecule has 4 aromatic rings. The molecular formula is C25H22ClN3O3. The fraction of sp³-hybridized carbons (Fsp3) is 0.240. The van der Waals surface area contributed by atoms with Crippen LogP contribution in [-0.2, 0) is 6.42 Å². The highest BCUT2D eigenvalue weighted by Crippen LogP contribution is 2.37. The van der Waals surface area contributed by atoms with Crippen LogP contribution in [0.15, 0.2) is 48.7 Å². The van der Waals surface area contributed by atoms with Crippen LogP contribution in [0.4, 0.5) is 0 Å². The monoisotopic (exact) mass is 447 g/mol. The predicted octanol–water partition coefficient (Wildman–Crippen LogP) is 5.29. The Balaban J connectivity index is 1.58. The number of methoxy groups -OCH3 is 2. The van der Waals surface area contributed by atoms with Crippen molar-refractivity contribution in [2.75, 3.05) is 14.2 Å². The van der Waals surface area contributed by atoms with Crippen molar-refractivity contribution in [2.24, 2.45) is 0 Å². The number of hydrogen-bond acceptors (Lipinski definition) is 5. The van der Waals surface area contributed by atoms with E-state index in [1.54, 1.807) is 18.7 Å². The number of aryl methyl sites for hydroxylation is 1. The molecule has 7 heteroatoms. The molecule has 1 atom stereocenters. The third-order valence-electron chi connectivity index (χ3n) is 6.05. The first kappa shape index (κ1) is 20.5. The lowest BCUT2D eigenvalue weighted by Gasteiger charge is -2.24. The minimum absolute atomic E-state index is 0.0211. The molecule has 0 spiro atoms. The number of carbonyl (C=O) groups is 1. The van der Waals surface area contributed by atoms with Crippen molar-refractivity contribution in [3.63, 3.8) is 0 Å². The molecule has 2 heterocycles. The molecule has 0 saturated heterocycles. The summed E-state index contributed by atoms with van der Waals surface area (Å²) in [5, 5.41) is 5.29. The van der Waals surface area contributed by atoms with E-state index < -0.39 is 0 Å². The number of ketones is 1. The molecule has 0 fully saturated rings. The van der Waals surface area contributed by atoms with Gasteiger partial charge in [-0.1, -0.05) is 29.8 Å². The lowest BCUT2D eigenvalue weighted by molar-refractivity contribution is 0.0962. The summed E-state index contributed by atoms with van der Waals surface area (Å²) in [7, 11) is 3.22. The van der Waals surface area contributed by atoms with Crippen molar-refractivity contribution in [3.05, 3.63) is 76.2 Å². The van der Waals surface area contributed by atoms with Gasteiger partial charge in [-0.15, -0.1) is 0 Å². The quantitative estimate of drug-likeness (QED) is 0.425. The van der Waals surface area contributed by atoms with Crippen LogP contribution in [0.2, 0.25) is 5.02 Å². The number of Topliss-reactive ketones (excluding diaryl/α,β-unsaturated/α-hetero) is 1. The van der Waals surface area contributed by atoms with E-state index in [2.05, 4.69) is 5.10 Å². The highest BCUT2D eigenvalue weighted by atomic mass is 35.5. The van der Waals surface area contributed by atoms with Crippen molar-refractivity contribution >= 4 is 23.0 Å². The third-order valence-corrected chi connectivity index (χ3v) is 6.30. The first-order valence-corrected chi connectivity index (χ1v) is 10.8. The molecule has 2 aromatic carbocycles. The number of nitrogens with zero attached hydrogens (tertiary/aromatic N) is 3. The second-order valence-corrected chi connectivity index (χ2v) is 8.42. The second-order valence-electron chi connectivity index (χ2n) is 7.98. The molecular weight excluding hydrogens is 426 g/mol. The van der Waals surface area contributed by atoms with Crippen molar-refractivity contribution in [2.45, 2.75) is 25.7 Å². The Kier molecular flexibility index (Phi) is 5.10. The van der Waals surface area contributed by atoms with Crippen LogP contribution >= 0.6 is 11.6 Å². The molecule has 0 saturated carbocycles. The van der Waals surface area contributed by atoms with Crippen molar-refractivity contribution in [3.8, 4) is 22.6 Å². The molecule has 0 amide bonds. The number of ether oxygens (including phenoxy) is 2. The molecule has 5 rings (SSSR count). The normalized spacial score (nSPS) is 15.6. The Bertz CT molecular complexity index is 1350. The van der Waals surface area contributed by atoms with Crippen molar-refractivity contribution in [1.29, 1.82) is 0 Å². The van der Waals surface area contributed by atoms with Crippen LogP contribution < -0.4 is 9.47 Å². The van der Waals surface area contributed by atoms with E-state index >= 15 is 0 Å². The van der Waals surface area contributed by atoms with Gasteiger partial charge in [-0.2, -0.15) is 5.10 Å². The number of benzene rings is 2. The molecule has 6 nitrogen and oxygen atoms in total. The number of carbonyl (C=O) groups excluding carboxylic acids is 1. The van der Waals surface area contributed by atoms with Crippen molar-refractivity contribution in [1.82, 2.24) is 14.6 Å². The molecule has 162 valence electrons. The Morgan fingerprint density at radius 1 is 1.03 bits per heavy atom. The maximum atomic E-state index is 13.0. The maximum Gasteiger partial charge on any atom is 0.166 e. The summed E-state index contributed by atoms with van der Waals surface area (Å²) in [6.45, 7) is 1.95. The van der Waals surface area contributed by atoms with Gasteiger partial charge in [0, 0.05) is 23.2 Å². The minimum atomic E-state index is 0.0211. The minimum Gasteiger partial charge on any atom is -0.493 e. The fourth-order valence-electron chi connectivity index (χ4n) is 4.44. The van der Waals surface area contributed by atoms with E-state index in [4.69, 9.17) is 26.1 Å². The predicted molar refractivity (Wildman–Crippen MR) is 123 cm³/mol. The van der Waals surface area contributed by atoms with Gasteiger partial charge < -0.3 is 9.47 Å². The summed E-state index contributed by atoms with van der Waals surface area (Å²) in [4.78, 5) is 18.0. The molecule has 0 aliphatic heterocycles. The van der Waals surface area contributed by atoms with Crippen LogP contribution in [0.5, 0.6) is 11.5 Å². The van der Waals surface area contributed by atoms with Gasteiger partial charge in [-0.3, -0.25) is 4.79 Å². The van der Waals surface area contributed by atoms with Gasteiger partial charge >= 0.3 is 0 Å². The zero-order valence-electron chi connectivity index (χ0n) is 18.1. The Morgan fingerprint density at radius 2 is 1.78 bits per heavy atom. The lowest BCUT2D eigenvalue weighted by atomic mass is 9.82. The zero-order valence-corrected chi connectivity index (χ0v) is 18.8. The number of fused-ring (bicyclic) bond motifs is 2. The Labute approximate surface area is 190 Å². The van der Waals surface area contributed by atoms with Gasteiger partial charge in [0.1, 0.15) is 0 Å². The maximum absolute atomic E-state index is 13.0. The molecule has 32 heavy (non-hydrogen) atoms. The second kappa shape index (κ2) is 7.95. The Morgan fingerprint density at radius 3 is 2.50 bits per heavy atom. The molecule has 2 aromatic heterocycles. The van der Waals surface area contributed by atoms with E-state index in [0.717, 1.165) is 33.7 Å². The van der Waals surface area contributed by atoms with E-state index in [1.807, 2.05) is 55.6 Å².